The Balaban J connectivity index is 0.000000189. The van der Waals surface area contributed by atoms with Gasteiger partial charge in [0.05, 0.1) is 19.8 Å². The predicted octanol–water partition coefficient (Wildman–Crippen LogP) is 6.48. The van der Waals surface area contributed by atoms with Gasteiger partial charge in [-0.25, -0.2) is 14.4 Å². The number of hydrogen-bond acceptors (Lipinski definition) is 22. The van der Waals surface area contributed by atoms with Gasteiger partial charge in [-0.15, -0.1) is 0 Å². The zero-order valence-electron chi connectivity index (χ0n) is 65.4. The summed E-state index contributed by atoms with van der Waals surface area (Å²) in [5, 5.41) is 30.5. The maximum Gasteiger partial charge on any atom is 0.407 e. The van der Waals surface area contributed by atoms with Crippen LogP contribution in [0.25, 0.3) is 0 Å². The summed E-state index contributed by atoms with van der Waals surface area (Å²) in [4.78, 5) is 169. The van der Waals surface area contributed by atoms with Crippen molar-refractivity contribution in [2.24, 2.45) is 0 Å². The van der Waals surface area contributed by atoms with E-state index < -0.39 is 107 Å². The fraction of sp³-hybridized carbons (Fsp3) is 0.395. The molecule has 0 aromatic heterocycles. The van der Waals surface area contributed by atoms with Gasteiger partial charge in [-0.2, -0.15) is 0 Å². The number of fused-ring (bicyclic) bond motifs is 3. The number of morpholine rings is 3. The Morgan fingerprint density at radius 2 is 0.816 bits per heavy atom. The van der Waals surface area contributed by atoms with Gasteiger partial charge < -0.3 is 99.8 Å². The number of aliphatic hydroxyl groups excluding tert-OH is 1. The lowest BCUT2D eigenvalue weighted by Crippen LogP contribution is -2.56. The largest absolute Gasteiger partial charge is 0.478 e. The van der Waals surface area contributed by atoms with Gasteiger partial charge in [0.1, 0.15) is 11.2 Å². The van der Waals surface area contributed by atoms with Crippen LogP contribution in [0.1, 0.15) is 127 Å². The van der Waals surface area contributed by atoms with Crippen molar-refractivity contribution >= 4 is 111 Å². The molecule has 0 aliphatic carbocycles. The van der Waals surface area contributed by atoms with Crippen molar-refractivity contribution in [1.29, 1.82) is 0 Å². The number of carboxylic acid groups (broad SMARTS) is 1. The molecule has 6 aliphatic rings. The van der Waals surface area contributed by atoms with Gasteiger partial charge in [-0.1, -0.05) is 61.5 Å². The van der Waals surface area contributed by atoms with Gasteiger partial charge in [-0.3, -0.25) is 47.9 Å². The van der Waals surface area contributed by atoms with Gasteiger partial charge in [0, 0.05) is 138 Å². The number of amides is 10. The number of esters is 2. The minimum atomic E-state index is -1.75. The zero-order valence-corrected chi connectivity index (χ0v) is 65.4. The number of aryl methyl sites for hydroxylation is 1. The molecule has 0 spiro atoms. The van der Waals surface area contributed by atoms with Gasteiger partial charge in [0.2, 0.25) is 12.2 Å². The smallest absolute Gasteiger partial charge is 0.407 e. The molecule has 114 heavy (non-hydrogen) atoms. The molecule has 3 saturated heterocycles. The Kier molecular flexibility index (Phi) is 28.1. The number of nitrogens with two attached hydrogens (primary N) is 1. The molecule has 606 valence electrons. The maximum atomic E-state index is 13.5. The van der Waals surface area contributed by atoms with E-state index in [1.807, 2.05) is 12.1 Å². The second-order valence-corrected chi connectivity index (χ2v) is 29.4. The normalized spacial score (nSPS) is 17.9. The molecule has 6 atom stereocenters. The Hall–Kier alpha value is -12.3. The first-order chi connectivity index (χ1) is 53.9. The number of anilines is 6. The molecular weight excluding hydrogens is 1480 g/mol. The van der Waals surface area contributed by atoms with Crippen molar-refractivity contribution < 1.29 is 106 Å². The number of benzene rings is 6. The van der Waals surface area contributed by atoms with Crippen LogP contribution in [0.15, 0.2) is 127 Å². The van der Waals surface area contributed by atoms with E-state index in [1.165, 1.54) is 20.3 Å². The summed E-state index contributed by atoms with van der Waals surface area (Å²) in [6, 6.07) is 36.7. The first-order valence-corrected chi connectivity index (χ1v) is 36.6. The third-order valence-electron chi connectivity index (χ3n) is 18.2. The van der Waals surface area contributed by atoms with Crippen LogP contribution >= 0.6 is 0 Å². The second kappa shape index (κ2) is 37.3. The van der Waals surface area contributed by atoms with Crippen LogP contribution in [0, 0.1) is 0 Å². The Morgan fingerprint density at radius 1 is 0.482 bits per heavy atom. The molecule has 6 aromatic carbocycles. The van der Waals surface area contributed by atoms with Gasteiger partial charge in [0.25, 0.3) is 47.3 Å². The summed E-state index contributed by atoms with van der Waals surface area (Å²) < 4.78 is 36.8. The molecule has 0 unspecified atom stereocenters. The highest BCUT2D eigenvalue weighted by Crippen LogP contribution is 2.33. The monoisotopic (exact) mass is 1570 g/mol. The summed E-state index contributed by atoms with van der Waals surface area (Å²) >= 11 is 0. The number of ether oxygens (including phenoxy) is 7. The highest BCUT2D eigenvalue weighted by Gasteiger charge is 2.46. The standard InChI is InChI=1S/C29H34N4O8.C27H32N4O7.C17H18N2O7.C8H11N/c1-17(34)40-23(25(35)31-20-9-6-18(7-10-20)15-30-28(38)41-29(2,3)4)24-27(37)33(12-13-39-24)21-11-8-19-16-32(5)26(36)22(19)14-21;1-27(2,3)38-26(36)28-14-16-5-8-18(9-6-16)29-23(33)21(32)22-25(35)31(11-12-37-22)19-10-7-17-15-30(4)24(34)20(17)13-19;1-9(20)26-14(17(23)24)13-16(22)19(5-6-25-13)11-4-3-10-8-18(2)15(21)12(10)7-11;1-2-7-3-5-8(9)6-4-7/h6-11,14,23-24H,12-13,15-16H2,1-5H3,(H,30,38)(H,31,35);5-10,13,21-22,32H,11-12,14-15H2,1-4H3,(H,28,36)(H,29,33);3-4,7,13-14H,5-6,8H2,1-2H3,(H,23,24);3-6H,2,9H2,1H3/t23-,24-;21-,22-;13-,14-;/m111./s1. The first-order valence-electron chi connectivity index (χ1n) is 36.6. The van der Waals surface area contributed by atoms with Crippen molar-refractivity contribution in [1.82, 2.24) is 25.3 Å². The van der Waals surface area contributed by atoms with E-state index >= 15 is 0 Å². The zero-order chi connectivity index (χ0) is 83.2. The van der Waals surface area contributed by atoms with Crippen molar-refractivity contribution in [2.45, 2.75) is 149 Å². The van der Waals surface area contributed by atoms with Gasteiger partial charge in [-0.05, 0) is 154 Å². The lowest BCUT2D eigenvalue weighted by Gasteiger charge is -2.35. The van der Waals surface area contributed by atoms with Crippen molar-refractivity contribution in [3.05, 3.63) is 177 Å². The van der Waals surface area contributed by atoms with Crippen LogP contribution < -0.4 is 41.7 Å². The molecule has 33 nitrogen and oxygen atoms in total. The van der Waals surface area contributed by atoms with Crippen molar-refractivity contribution in [3.63, 3.8) is 0 Å². The number of nitrogen functional groups attached to an aromatic ring is 1. The van der Waals surface area contributed by atoms with Crippen LogP contribution in [0.3, 0.4) is 0 Å². The Labute approximate surface area is 658 Å². The first kappa shape index (κ1) is 85.7. The molecule has 8 N–H and O–H groups in total. The molecule has 0 saturated carbocycles. The molecule has 0 radical (unpaired) electrons. The number of aliphatic hydroxyl groups is 1. The van der Waals surface area contributed by atoms with Gasteiger partial charge >= 0.3 is 30.1 Å². The molecule has 6 aromatic rings. The number of nitrogens with zero attached hydrogens (tertiary/aromatic N) is 6. The number of aliphatic carboxylic acids is 1. The highest BCUT2D eigenvalue weighted by molar-refractivity contribution is 6.08. The summed E-state index contributed by atoms with van der Waals surface area (Å²) in [5.41, 5.74) is 14.4. The van der Waals surface area contributed by atoms with E-state index in [4.69, 9.17) is 38.9 Å². The quantitative estimate of drug-likeness (QED) is 0.0275. The number of alkyl carbamates (subject to hydrolysis) is 2. The molecular formula is C81H95N11O22. The fourth-order valence-corrected chi connectivity index (χ4v) is 12.6. The minimum absolute atomic E-state index is 0.0758. The maximum absolute atomic E-state index is 13.5. The molecule has 33 heteroatoms. The van der Waals surface area contributed by atoms with E-state index in [2.05, 4.69) is 40.3 Å². The average Bonchev–Trinajstić information content (AvgIpc) is 1.54. The Bertz CT molecular complexity index is 4620. The van der Waals surface area contributed by atoms with Crippen molar-refractivity contribution in [3.8, 4) is 0 Å². The summed E-state index contributed by atoms with van der Waals surface area (Å²) in [6.07, 6.45) is -9.28. The van der Waals surface area contributed by atoms with Crippen LogP contribution in [0.5, 0.6) is 0 Å². The summed E-state index contributed by atoms with van der Waals surface area (Å²) in [5.74, 6) is -6.75. The molecule has 6 aliphatic heterocycles. The predicted molar refractivity (Wildman–Crippen MR) is 414 cm³/mol. The molecule has 6 heterocycles. The number of carboxylic acids is 1. The average molecular weight is 1570 g/mol. The number of nitrogens with one attached hydrogen (secondary N) is 4. The van der Waals surface area contributed by atoms with Crippen LogP contribution in [-0.2, 0) is 111 Å². The fourth-order valence-electron chi connectivity index (χ4n) is 12.6. The third kappa shape index (κ3) is 22.3. The van der Waals surface area contributed by atoms with E-state index in [-0.39, 0.29) is 70.3 Å². The second-order valence-electron chi connectivity index (χ2n) is 29.4. The topological polar surface area (TPSA) is 421 Å². The molecule has 3 fully saturated rings. The van der Waals surface area contributed by atoms with Crippen LogP contribution in [0.2, 0.25) is 0 Å². The number of hydrogen-bond donors (Lipinski definition) is 7. The van der Waals surface area contributed by atoms with Crippen LogP contribution in [-0.4, -0.2) is 211 Å². The number of carbonyl (C=O) groups is 13. The minimum Gasteiger partial charge on any atom is -0.478 e. The van der Waals surface area contributed by atoms with E-state index in [0.717, 1.165) is 53.8 Å². The molecule has 0 bridgehead atoms. The van der Waals surface area contributed by atoms with Gasteiger partial charge in [0.15, 0.2) is 24.4 Å². The summed E-state index contributed by atoms with van der Waals surface area (Å²) in [7, 11) is 5.10. The number of carbonyl (C=O) groups excluding carboxylic acids is 12. The lowest BCUT2D eigenvalue weighted by atomic mass is 10.1. The van der Waals surface area contributed by atoms with Crippen LogP contribution in [0.4, 0.5) is 43.7 Å². The van der Waals surface area contributed by atoms with E-state index in [1.54, 1.807) is 181 Å². The Morgan fingerprint density at radius 3 is 1.17 bits per heavy atom. The number of rotatable bonds is 18. The highest BCUT2D eigenvalue weighted by atomic mass is 16.6. The molecule has 10 amide bonds. The lowest BCUT2D eigenvalue weighted by molar-refractivity contribution is -0.177. The van der Waals surface area contributed by atoms with E-state index in [9.17, 15) is 72.5 Å². The summed E-state index contributed by atoms with van der Waals surface area (Å²) in [6.45, 7) is 17.8. The van der Waals surface area contributed by atoms with Crippen molar-refractivity contribution in [2.75, 3.05) is 91.7 Å². The SMILES string of the molecule is CC(=O)O[C@@H](C(=O)Nc1ccc(CNC(=O)OC(C)(C)C)cc1)[C@H]1OCCN(c2ccc3c(c2)C(=O)N(C)C3)C1=O.CC(=O)O[C@@H](C(=O)O)[C@H]1OCCN(c2ccc3c(c2)C(=O)N(C)C3)C1=O.CCc1ccc(N)cc1.CN1Cc2ccc(N3CCO[C@H]([C@@H](O)C(=O)Nc4ccc(CNC(=O)OC(C)(C)C)cc4)C3=O)cc2C1=O. The third-order valence-corrected chi connectivity index (χ3v) is 18.2. The van der Waals surface area contributed by atoms with E-state index in [0.29, 0.717) is 64.8 Å². The molecule has 12 rings (SSSR count).